The molecule has 3 heterocycles. The number of hydrogen-bond acceptors (Lipinski definition) is 3. The number of likely N-dealkylation sites (tertiary alicyclic amines) is 2. The lowest BCUT2D eigenvalue weighted by Gasteiger charge is -2.47. The number of hydrogen-bond donors (Lipinski definition) is 0. The predicted molar refractivity (Wildman–Crippen MR) is 81.1 cm³/mol. The van der Waals surface area contributed by atoms with Gasteiger partial charge < -0.3 is 14.5 Å². The maximum absolute atomic E-state index is 12.7. The molecule has 1 aliphatic carbocycles. The zero-order valence-electron chi connectivity index (χ0n) is 13.4. The van der Waals surface area contributed by atoms with Crippen LogP contribution in [0.4, 0.5) is 0 Å². The Morgan fingerprint density at radius 2 is 2.00 bits per heavy atom. The Morgan fingerprint density at radius 1 is 1.18 bits per heavy atom. The molecule has 5 heteroatoms. The zero-order valence-corrected chi connectivity index (χ0v) is 13.4. The van der Waals surface area contributed by atoms with E-state index in [4.69, 9.17) is 4.74 Å². The molecule has 0 aromatic heterocycles. The molecule has 22 heavy (non-hydrogen) atoms. The van der Waals surface area contributed by atoms with Gasteiger partial charge in [0, 0.05) is 38.2 Å². The molecule has 4 atom stereocenters. The number of piperidine rings is 2. The second-order valence-electron chi connectivity index (χ2n) is 7.53. The second kappa shape index (κ2) is 5.52. The van der Waals surface area contributed by atoms with E-state index in [1.54, 1.807) is 0 Å². The monoisotopic (exact) mass is 306 g/mol. The first-order chi connectivity index (χ1) is 10.6. The normalized spacial score (nSPS) is 39.0. The summed E-state index contributed by atoms with van der Waals surface area (Å²) in [5.41, 5.74) is 0. The van der Waals surface area contributed by atoms with E-state index in [-0.39, 0.29) is 12.0 Å². The van der Waals surface area contributed by atoms with Crippen LogP contribution in [-0.4, -0.2) is 59.5 Å². The summed E-state index contributed by atoms with van der Waals surface area (Å²) in [5.74, 6) is 1.32. The van der Waals surface area contributed by atoms with Crippen molar-refractivity contribution in [3.8, 4) is 0 Å². The van der Waals surface area contributed by atoms with Crippen molar-refractivity contribution in [3.05, 3.63) is 0 Å². The van der Waals surface area contributed by atoms with Crippen molar-refractivity contribution in [1.29, 1.82) is 0 Å². The lowest BCUT2D eigenvalue weighted by molar-refractivity contribution is -0.150. The molecule has 1 saturated carbocycles. The third kappa shape index (κ3) is 2.43. The molecular formula is C17H26N2O3. The van der Waals surface area contributed by atoms with Gasteiger partial charge in [-0.15, -0.1) is 0 Å². The lowest BCUT2D eigenvalue weighted by Crippen LogP contribution is -2.58. The molecule has 2 amide bonds. The quantitative estimate of drug-likeness (QED) is 0.775. The van der Waals surface area contributed by atoms with Crippen LogP contribution in [0.5, 0.6) is 0 Å². The largest absolute Gasteiger partial charge is 0.368 e. The van der Waals surface area contributed by atoms with Crippen LogP contribution in [0.15, 0.2) is 0 Å². The van der Waals surface area contributed by atoms with E-state index < -0.39 is 0 Å². The molecule has 4 rings (SSSR count). The van der Waals surface area contributed by atoms with Crippen molar-refractivity contribution in [2.75, 3.05) is 19.7 Å². The summed E-state index contributed by atoms with van der Waals surface area (Å²) < 4.78 is 5.65. The van der Waals surface area contributed by atoms with Crippen LogP contribution in [0.2, 0.25) is 0 Å². The van der Waals surface area contributed by atoms with Crippen molar-refractivity contribution in [2.45, 2.75) is 63.6 Å². The molecule has 0 N–H and O–H groups in total. The van der Waals surface area contributed by atoms with Gasteiger partial charge in [-0.1, -0.05) is 6.92 Å². The summed E-state index contributed by atoms with van der Waals surface area (Å²) in [6.45, 7) is 4.41. The van der Waals surface area contributed by atoms with Gasteiger partial charge in [0.25, 0.3) is 5.91 Å². The van der Waals surface area contributed by atoms with Gasteiger partial charge in [0.1, 0.15) is 6.10 Å². The zero-order chi connectivity index (χ0) is 15.3. The van der Waals surface area contributed by atoms with E-state index in [1.165, 1.54) is 12.8 Å². The Morgan fingerprint density at radius 3 is 2.68 bits per heavy atom. The summed E-state index contributed by atoms with van der Waals surface area (Å²) >= 11 is 0. The van der Waals surface area contributed by atoms with Crippen molar-refractivity contribution in [1.82, 2.24) is 9.80 Å². The molecule has 3 aliphatic heterocycles. The first kappa shape index (κ1) is 14.5. The fraction of sp³-hybridized carbons (Fsp3) is 0.882. The highest BCUT2D eigenvalue weighted by molar-refractivity contribution is 5.82. The number of rotatable bonds is 2. The van der Waals surface area contributed by atoms with Gasteiger partial charge >= 0.3 is 0 Å². The minimum absolute atomic E-state index is 0.179. The molecule has 122 valence electrons. The summed E-state index contributed by atoms with van der Waals surface area (Å²) in [6, 6.07) is 0.875. The summed E-state index contributed by atoms with van der Waals surface area (Å²) in [7, 11) is 0. The SMILES string of the molecule is C[C@@H]1CCO[C@@H]1C(=O)N1CC[C@@H]2[C@H](CCC(=O)N2C2CC2)C1. The van der Waals surface area contributed by atoms with Crippen LogP contribution in [0, 0.1) is 11.8 Å². The topological polar surface area (TPSA) is 49.9 Å². The van der Waals surface area contributed by atoms with Crippen LogP contribution in [0.25, 0.3) is 0 Å². The van der Waals surface area contributed by atoms with Gasteiger partial charge in [-0.25, -0.2) is 0 Å². The van der Waals surface area contributed by atoms with Crippen LogP contribution in [0.3, 0.4) is 0 Å². The van der Waals surface area contributed by atoms with Crippen LogP contribution in [-0.2, 0) is 14.3 Å². The van der Waals surface area contributed by atoms with Crippen LogP contribution < -0.4 is 0 Å². The minimum Gasteiger partial charge on any atom is -0.368 e. The van der Waals surface area contributed by atoms with E-state index >= 15 is 0 Å². The molecule has 0 bridgehead atoms. The molecule has 0 radical (unpaired) electrons. The van der Waals surface area contributed by atoms with Gasteiger partial charge in [0.15, 0.2) is 0 Å². The van der Waals surface area contributed by atoms with Gasteiger partial charge in [-0.05, 0) is 43.9 Å². The highest BCUT2D eigenvalue weighted by atomic mass is 16.5. The molecule has 5 nitrogen and oxygen atoms in total. The average Bonchev–Trinajstić information content (AvgIpc) is 3.26. The smallest absolute Gasteiger partial charge is 0.251 e. The predicted octanol–water partition coefficient (Wildman–Crippen LogP) is 1.41. The summed E-state index contributed by atoms with van der Waals surface area (Å²) in [4.78, 5) is 29.1. The van der Waals surface area contributed by atoms with E-state index in [0.29, 0.717) is 42.9 Å². The molecule has 3 saturated heterocycles. The van der Waals surface area contributed by atoms with Gasteiger partial charge in [-0.2, -0.15) is 0 Å². The van der Waals surface area contributed by atoms with Crippen molar-refractivity contribution >= 4 is 11.8 Å². The van der Waals surface area contributed by atoms with Gasteiger partial charge in [0.05, 0.1) is 0 Å². The number of ether oxygens (including phenoxy) is 1. The number of carbonyl (C=O) groups is 2. The lowest BCUT2D eigenvalue weighted by atomic mass is 9.83. The van der Waals surface area contributed by atoms with Gasteiger partial charge in [-0.3, -0.25) is 9.59 Å². The molecule has 0 spiro atoms. The minimum atomic E-state index is -0.235. The maximum Gasteiger partial charge on any atom is 0.251 e. The van der Waals surface area contributed by atoms with Crippen LogP contribution in [0.1, 0.15) is 45.4 Å². The number of amides is 2. The number of carbonyl (C=O) groups excluding carboxylic acids is 2. The van der Waals surface area contributed by atoms with Crippen LogP contribution >= 0.6 is 0 Å². The molecule has 4 aliphatic rings. The maximum atomic E-state index is 12.7. The Bertz CT molecular complexity index is 477. The summed E-state index contributed by atoms with van der Waals surface area (Å²) in [6.07, 6.45) is 5.64. The van der Waals surface area contributed by atoms with Crippen molar-refractivity contribution < 1.29 is 14.3 Å². The van der Waals surface area contributed by atoms with E-state index in [1.807, 2.05) is 4.90 Å². The third-order valence-corrected chi connectivity index (χ3v) is 5.95. The van der Waals surface area contributed by atoms with Crippen molar-refractivity contribution in [3.63, 3.8) is 0 Å². The second-order valence-corrected chi connectivity index (χ2v) is 7.53. The first-order valence-corrected chi connectivity index (χ1v) is 8.86. The molecule has 0 aromatic carbocycles. The fourth-order valence-corrected chi connectivity index (χ4v) is 4.51. The van der Waals surface area contributed by atoms with Gasteiger partial charge in [0.2, 0.25) is 5.91 Å². The average molecular weight is 306 g/mol. The molecule has 0 unspecified atom stereocenters. The number of fused-ring (bicyclic) bond motifs is 1. The Balaban J connectivity index is 1.43. The van der Waals surface area contributed by atoms with E-state index in [2.05, 4.69) is 11.8 Å². The fourth-order valence-electron chi connectivity index (χ4n) is 4.51. The van der Waals surface area contributed by atoms with E-state index in [0.717, 1.165) is 32.4 Å². The Kier molecular flexibility index (Phi) is 3.63. The highest BCUT2D eigenvalue weighted by Gasteiger charge is 2.46. The number of nitrogens with zero attached hydrogens (tertiary/aromatic N) is 2. The highest BCUT2D eigenvalue weighted by Crippen LogP contribution is 2.39. The molecule has 4 fully saturated rings. The molecule has 0 aromatic rings. The van der Waals surface area contributed by atoms with Crippen molar-refractivity contribution in [2.24, 2.45) is 11.8 Å². The first-order valence-electron chi connectivity index (χ1n) is 8.86. The molecular weight excluding hydrogens is 280 g/mol. The Labute approximate surface area is 132 Å². The summed E-state index contributed by atoms with van der Waals surface area (Å²) in [5, 5.41) is 0. The van der Waals surface area contributed by atoms with E-state index in [9.17, 15) is 9.59 Å². The Hall–Kier alpha value is -1.10. The standard InChI is InChI=1S/C17H26N2O3/c1-11-7-9-22-16(11)17(21)18-8-6-14-12(10-18)2-5-15(20)19(14)13-3-4-13/h11-14,16H,2-10H2,1H3/t11-,12-,14-,16+/m1/s1. The third-order valence-electron chi connectivity index (χ3n) is 5.95.